The quantitative estimate of drug-likeness (QED) is 0.460. The number of carbonyl (C=O) groups is 1. The van der Waals surface area contributed by atoms with Crippen LogP contribution in [0.1, 0.15) is 71.7 Å². The first-order chi connectivity index (χ1) is 13.2. The third kappa shape index (κ3) is 3.32. The number of phenols is 1. The highest BCUT2D eigenvalue weighted by atomic mass is 127. The molecule has 0 saturated heterocycles. The van der Waals surface area contributed by atoms with E-state index in [1.165, 1.54) is 16.9 Å². The van der Waals surface area contributed by atoms with Crippen molar-refractivity contribution in [2.24, 2.45) is 11.3 Å². The van der Waals surface area contributed by atoms with Crippen molar-refractivity contribution in [1.29, 1.82) is 0 Å². The largest absolute Gasteiger partial charge is 0.507 e. The second kappa shape index (κ2) is 7.20. The van der Waals surface area contributed by atoms with E-state index in [1.54, 1.807) is 11.3 Å². The summed E-state index contributed by atoms with van der Waals surface area (Å²) in [5, 5.41) is 18.0. The van der Waals surface area contributed by atoms with Gasteiger partial charge in [-0.25, -0.2) is 0 Å². The van der Waals surface area contributed by atoms with Crippen molar-refractivity contribution in [3.8, 4) is 5.75 Å². The molecule has 2 atom stereocenters. The zero-order valence-electron chi connectivity index (χ0n) is 16.8. The van der Waals surface area contributed by atoms with Crippen molar-refractivity contribution >= 4 is 44.8 Å². The average molecular weight is 510 g/mol. The van der Waals surface area contributed by atoms with Gasteiger partial charge in [-0.1, -0.05) is 27.2 Å². The van der Waals surface area contributed by atoms with Gasteiger partial charge in [-0.2, -0.15) is 0 Å². The summed E-state index contributed by atoms with van der Waals surface area (Å²) in [6, 6.07) is 3.87. The van der Waals surface area contributed by atoms with Crippen LogP contribution in [0.3, 0.4) is 0 Å². The number of rotatable bonds is 3. The zero-order chi connectivity index (χ0) is 20.2. The Hall–Kier alpha value is -1.28. The lowest BCUT2D eigenvalue weighted by atomic mass is 9.69. The average Bonchev–Trinajstić information content (AvgIpc) is 3.02. The molecule has 0 unspecified atom stereocenters. The summed E-state index contributed by atoms with van der Waals surface area (Å²) in [5.41, 5.74) is 3.92. The van der Waals surface area contributed by atoms with Crippen LogP contribution in [0, 0.1) is 21.8 Å². The Balaban J connectivity index is 1.67. The summed E-state index contributed by atoms with van der Waals surface area (Å²) >= 11 is 3.97. The van der Waals surface area contributed by atoms with Crippen LogP contribution in [-0.2, 0) is 12.8 Å². The number of benzene rings is 1. The lowest BCUT2D eigenvalue weighted by molar-refractivity contribution is 0.0934. The van der Waals surface area contributed by atoms with Gasteiger partial charge in [0.05, 0.1) is 5.56 Å². The number of halogens is 1. The molecule has 0 bridgehead atoms. The molecular formula is C22H27IN2O2S. The number of amides is 1. The summed E-state index contributed by atoms with van der Waals surface area (Å²) in [6.45, 7) is 8.87. The van der Waals surface area contributed by atoms with E-state index >= 15 is 0 Å². The number of anilines is 1. The number of carbonyl (C=O) groups excluding carboxylic acids is 1. The van der Waals surface area contributed by atoms with Gasteiger partial charge in [-0.15, -0.1) is 11.3 Å². The number of phenolic OH excluding ortho intramolecular Hbond substituents is 1. The van der Waals surface area contributed by atoms with Gasteiger partial charge in [-0.05, 0) is 83.4 Å². The van der Waals surface area contributed by atoms with Gasteiger partial charge in [0.2, 0.25) is 0 Å². The van der Waals surface area contributed by atoms with Crippen LogP contribution in [0.4, 0.5) is 5.00 Å². The lowest BCUT2D eigenvalue weighted by Crippen LogP contribution is -2.38. The Kier molecular flexibility index (Phi) is 5.15. The Morgan fingerprint density at radius 3 is 2.79 bits per heavy atom. The molecule has 4 nitrogen and oxygen atoms in total. The number of nitrogens with one attached hydrogen (secondary N) is 2. The normalized spacial score (nSPS) is 21.5. The first-order valence-electron chi connectivity index (χ1n) is 9.92. The molecule has 3 N–H and O–H groups in total. The van der Waals surface area contributed by atoms with Gasteiger partial charge in [0.15, 0.2) is 0 Å². The molecule has 2 aliphatic rings. The van der Waals surface area contributed by atoms with Crippen LogP contribution >= 0.6 is 33.9 Å². The van der Waals surface area contributed by atoms with Gasteiger partial charge >= 0.3 is 0 Å². The minimum absolute atomic E-state index is 0.0274. The van der Waals surface area contributed by atoms with E-state index in [2.05, 4.69) is 54.0 Å². The van der Waals surface area contributed by atoms with Crippen molar-refractivity contribution in [1.82, 2.24) is 5.32 Å². The molecule has 2 heterocycles. The highest BCUT2D eigenvalue weighted by molar-refractivity contribution is 14.1. The monoisotopic (exact) mass is 510 g/mol. The van der Waals surface area contributed by atoms with E-state index in [-0.39, 0.29) is 11.7 Å². The summed E-state index contributed by atoms with van der Waals surface area (Å²) in [7, 11) is 0. The number of thiophene rings is 1. The van der Waals surface area contributed by atoms with Crippen LogP contribution in [0.2, 0.25) is 0 Å². The fourth-order valence-electron chi connectivity index (χ4n) is 4.39. The molecule has 1 aromatic carbocycles. The lowest BCUT2D eigenvalue weighted by Gasteiger charge is -2.36. The van der Waals surface area contributed by atoms with Crippen LogP contribution in [0.25, 0.3) is 0 Å². The van der Waals surface area contributed by atoms with Gasteiger partial charge in [-0.3, -0.25) is 4.79 Å². The molecule has 4 rings (SSSR count). The van der Waals surface area contributed by atoms with E-state index in [9.17, 15) is 9.90 Å². The number of fused-ring (bicyclic) bond motifs is 3. The standard InChI is InChI=1S/C22H27IN2O2S/c1-5-22(3,4)12-6-7-14-16(9-12)28-21-17(14)20(27)24-19(25-21)15-10-13(23)8-11(2)18(15)26/h8,10,12,19,25-26H,5-7,9H2,1-4H3,(H,24,27)/t12-,19-/m1/s1. The molecule has 0 spiro atoms. The van der Waals surface area contributed by atoms with Gasteiger partial charge in [0, 0.05) is 14.0 Å². The van der Waals surface area contributed by atoms with Crippen molar-refractivity contribution < 1.29 is 9.90 Å². The molecule has 1 aliphatic heterocycles. The fraction of sp³-hybridized carbons (Fsp3) is 0.500. The van der Waals surface area contributed by atoms with Crippen LogP contribution in [0.5, 0.6) is 5.75 Å². The molecule has 0 fully saturated rings. The van der Waals surface area contributed by atoms with E-state index in [1.807, 2.05) is 19.1 Å². The first-order valence-corrected chi connectivity index (χ1v) is 11.8. The van der Waals surface area contributed by atoms with Crippen molar-refractivity contribution in [2.45, 2.75) is 59.5 Å². The number of hydrogen-bond acceptors (Lipinski definition) is 4. The highest BCUT2D eigenvalue weighted by Gasteiger charge is 2.37. The Morgan fingerprint density at radius 2 is 2.07 bits per heavy atom. The molecule has 2 aromatic rings. The third-order valence-corrected chi connectivity index (χ3v) is 8.47. The zero-order valence-corrected chi connectivity index (χ0v) is 19.8. The third-order valence-electron chi connectivity index (χ3n) is 6.67. The molecule has 1 amide bonds. The molecule has 6 heteroatoms. The van der Waals surface area contributed by atoms with Gasteiger partial charge in [0.1, 0.15) is 16.9 Å². The predicted molar refractivity (Wildman–Crippen MR) is 123 cm³/mol. The van der Waals surface area contributed by atoms with E-state index in [0.717, 1.165) is 44.5 Å². The molecule has 1 aromatic heterocycles. The van der Waals surface area contributed by atoms with Crippen molar-refractivity contribution in [2.75, 3.05) is 5.32 Å². The van der Waals surface area contributed by atoms with Crippen LogP contribution in [0.15, 0.2) is 12.1 Å². The Bertz CT molecular complexity index is 950. The maximum atomic E-state index is 13.0. The topological polar surface area (TPSA) is 61.4 Å². The summed E-state index contributed by atoms with van der Waals surface area (Å²) in [4.78, 5) is 14.3. The summed E-state index contributed by atoms with van der Waals surface area (Å²) < 4.78 is 1.04. The maximum Gasteiger partial charge on any atom is 0.256 e. The van der Waals surface area contributed by atoms with E-state index < -0.39 is 6.17 Å². The number of aromatic hydroxyl groups is 1. The molecule has 0 radical (unpaired) electrons. The molecule has 28 heavy (non-hydrogen) atoms. The van der Waals surface area contributed by atoms with E-state index in [0.29, 0.717) is 11.3 Å². The van der Waals surface area contributed by atoms with Crippen molar-refractivity contribution in [3.63, 3.8) is 0 Å². The molecule has 1 aliphatic carbocycles. The smallest absolute Gasteiger partial charge is 0.256 e. The van der Waals surface area contributed by atoms with Gasteiger partial charge < -0.3 is 15.7 Å². The fourth-order valence-corrected chi connectivity index (χ4v) is 6.55. The van der Waals surface area contributed by atoms with Gasteiger partial charge in [0.25, 0.3) is 5.91 Å². The summed E-state index contributed by atoms with van der Waals surface area (Å²) in [5.74, 6) is 0.875. The minimum Gasteiger partial charge on any atom is -0.507 e. The predicted octanol–water partition coefficient (Wildman–Crippen LogP) is 5.76. The SMILES string of the molecule is CCC(C)(C)[C@@H]1CCc2c(sc3c2C(=O)N[C@@H](c2cc(I)cc(C)c2O)N3)C1. The van der Waals surface area contributed by atoms with E-state index in [4.69, 9.17) is 0 Å². The summed E-state index contributed by atoms with van der Waals surface area (Å²) in [6.07, 6.45) is 3.94. The number of hydrogen-bond donors (Lipinski definition) is 3. The highest BCUT2D eigenvalue weighted by Crippen LogP contribution is 2.47. The van der Waals surface area contributed by atoms with Crippen molar-refractivity contribution in [3.05, 3.63) is 42.8 Å². The first kappa shape index (κ1) is 20.0. The van der Waals surface area contributed by atoms with Crippen LogP contribution < -0.4 is 10.6 Å². The van der Waals surface area contributed by atoms with Crippen LogP contribution in [-0.4, -0.2) is 11.0 Å². The molecule has 150 valence electrons. The number of aryl methyl sites for hydroxylation is 1. The Labute approximate surface area is 184 Å². The molecule has 0 saturated carbocycles. The second-order valence-electron chi connectivity index (χ2n) is 8.70. The molecular weight excluding hydrogens is 483 g/mol. The maximum absolute atomic E-state index is 13.0. The Morgan fingerprint density at radius 1 is 1.32 bits per heavy atom. The second-order valence-corrected chi connectivity index (χ2v) is 11.1. The minimum atomic E-state index is -0.406.